The first-order valence-corrected chi connectivity index (χ1v) is 8.72. The SMILES string of the molecule is COc1c(Br)cc(CC2C(=O)NCCc3[nH]c(N)nc32)cc1Br. The molecule has 23 heavy (non-hydrogen) atoms. The Labute approximate surface area is 150 Å². The number of carbonyl (C=O) groups excluding carboxylic acids is 1. The van der Waals surface area contributed by atoms with Crippen molar-refractivity contribution in [1.82, 2.24) is 15.3 Å². The molecule has 2 aromatic rings. The van der Waals surface area contributed by atoms with Gasteiger partial charge in [0.2, 0.25) is 5.91 Å². The Balaban J connectivity index is 1.96. The maximum atomic E-state index is 12.4. The molecular weight excluding hydrogens is 428 g/mol. The molecule has 0 saturated heterocycles. The summed E-state index contributed by atoms with van der Waals surface area (Å²) >= 11 is 6.98. The summed E-state index contributed by atoms with van der Waals surface area (Å²) in [4.78, 5) is 19.8. The molecule has 1 aromatic heterocycles. The van der Waals surface area contributed by atoms with Crippen molar-refractivity contribution in [2.24, 2.45) is 0 Å². The van der Waals surface area contributed by atoms with Crippen LogP contribution in [0, 0.1) is 0 Å². The molecule has 6 nitrogen and oxygen atoms in total. The van der Waals surface area contributed by atoms with Gasteiger partial charge < -0.3 is 20.8 Å². The number of nitrogens with two attached hydrogens (primary N) is 1. The zero-order valence-electron chi connectivity index (χ0n) is 12.5. The van der Waals surface area contributed by atoms with Gasteiger partial charge in [0, 0.05) is 18.7 Å². The second-order valence-corrected chi connectivity index (χ2v) is 7.08. The number of ether oxygens (including phenoxy) is 1. The molecule has 1 aliphatic rings. The molecule has 0 saturated carbocycles. The number of methoxy groups -OCH3 is 1. The predicted molar refractivity (Wildman–Crippen MR) is 94.6 cm³/mol. The number of amides is 1. The average Bonchev–Trinajstić information content (AvgIpc) is 2.78. The number of imidazole rings is 1. The molecule has 1 aliphatic heterocycles. The molecule has 0 spiro atoms. The molecule has 1 amide bonds. The number of nitrogens with one attached hydrogen (secondary N) is 2. The lowest BCUT2D eigenvalue weighted by Crippen LogP contribution is -2.29. The second-order valence-electron chi connectivity index (χ2n) is 5.38. The highest BCUT2D eigenvalue weighted by Crippen LogP contribution is 2.36. The molecule has 0 fully saturated rings. The maximum Gasteiger partial charge on any atom is 0.229 e. The van der Waals surface area contributed by atoms with Crippen LogP contribution in [0.2, 0.25) is 0 Å². The second kappa shape index (κ2) is 6.52. The summed E-state index contributed by atoms with van der Waals surface area (Å²) in [6.45, 7) is 0.583. The maximum absolute atomic E-state index is 12.4. The molecule has 2 heterocycles. The minimum atomic E-state index is -0.367. The minimum absolute atomic E-state index is 0.0293. The quantitative estimate of drug-likeness (QED) is 0.679. The van der Waals surface area contributed by atoms with Crippen molar-refractivity contribution in [2.45, 2.75) is 18.8 Å². The smallest absolute Gasteiger partial charge is 0.229 e. The topological polar surface area (TPSA) is 93.0 Å². The highest BCUT2D eigenvalue weighted by Gasteiger charge is 2.29. The minimum Gasteiger partial charge on any atom is -0.494 e. The van der Waals surface area contributed by atoms with Crippen LogP contribution in [-0.2, 0) is 17.6 Å². The number of hydrogen-bond acceptors (Lipinski definition) is 4. The summed E-state index contributed by atoms with van der Waals surface area (Å²) < 4.78 is 6.98. The van der Waals surface area contributed by atoms with Crippen LogP contribution in [0.15, 0.2) is 21.1 Å². The van der Waals surface area contributed by atoms with Crippen LogP contribution < -0.4 is 15.8 Å². The summed E-state index contributed by atoms with van der Waals surface area (Å²) in [5.41, 5.74) is 8.43. The third kappa shape index (κ3) is 3.23. The number of H-pyrrole nitrogens is 1. The van der Waals surface area contributed by atoms with E-state index in [0.717, 1.165) is 31.6 Å². The van der Waals surface area contributed by atoms with Crippen LogP contribution in [0.1, 0.15) is 22.9 Å². The average molecular weight is 444 g/mol. The number of aromatic amines is 1. The van der Waals surface area contributed by atoms with E-state index in [-0.39, 0.29) is 11.8 Å². The van der Waals surface area contributed by atoms with Crippen LogP contribution in [0.4, 0.5) is 5.95 Å². The van der Waals surface area contributed by atoms with E-state index in [0.29, 0.717) is 25.3 Å². The molecule has 3 rings (SSSR count). The Kier molecular flexibility index (Phi) is 4.63. The van der Waals surface area contributed by atoms with Gasteiger partial charge >= 0.3 is 0 Å². The Hall–Kier alpha value is -1.54. The molecule has 4 N–H and O–H groups in total. The van der Waals surface area contributed by atoms with E-state index < -0.39 is 0 Å². The number of carbonyl (C=O) groups is 1. The standard InChI is InChI=1S/C15H16Br2N4O2/c1-23-13-9(16)5-7(6-10(13)17)4-8-12-11(20-15(18)21-12)2-3-19-14(8)22/h5-6,8H,2-4H2,1H3,(H,19,22)(H3,18,20,21). The molecule has 0 bridgehead atoms. The van der Waals surface area contributed by atoms with Crippen LogP contribution in [0.5, 0.6) is 5.75 Å². The number of rotatable bonds is 3. The molecule has 0 radical (unpaired) electrons. The molecule has 0 aliphatic carbocycles. The lowest BCUT2D eigenvalue weighted by molar-refractivity contribution is -0.122. The van der Waals surface area contributed by atoms with Crippen molar-refractivity contribution >= 4 is 43.7 Å². The Morgan fingerprint density at radius 3 is 2.74 bits per heavy atom. The molecule has 1 aromatic carbocycles. The first kappa shape index (κ1) is 16.3. The van der Waals surface area contributed by atoms with Gasteiger partial charge in [-0.15, -0.1) is 0 Å². The van der Waals surface area contributed by atoms with Gasteiger partial charge in [0.25, 0.3) is 0 Å². The number of anilines is 1. The lowest BCUT2D eigenvalue weighted by Gasteiger charge is -2.15. The summed E-state index contributed by atoms with van der Waals surface area (Å²) in [5, 5.41) is 2.93. The molecular formula is C15H16Br2N4O2. The van der Waals surface area contributed by atoms with Crippen molar-refractivity contribution in [3.05, 3.63) is 38.0 Å². The van der Waals surface area contributed by atoms with Crippen molar-refractivity contribution in [2.75, 3.05) is 19.4 Å². The van der Waals surface area contributed by atoms with Gasteiger partial charge in [-0.3, -0.25) is 4.79 Å². The number of hydrogen-bond donors (Lipinski definition) is 3. The Morgan fingerprint density at radius 2 is 2.09 bits per heavy atom. The Bertz CT molecular complexity index is 737. The van der Waals surface area contributed by atoms with Crippen molar-refractivity contribution < 1.29 is 9.53 Å². The van der Waals surface area contributed by atoms with Gasteiger partial charge in [-0.1, -0.05) is 0 Å². The third-order valence-electron chi connectivity index (χ3n) is 3.85. The monoisotopic (exact) mass is 442 g/mol. The molecule has 8 heteroatoms. The zero-order valence-corrected chi connectivity index (χ0v) is 15.6. The van der Waals surface area contributed by atoms with Gasteiger partial charge in [0.15, 0.2) is 5.95 Å². The largest absolute Gasteiger partial charge is 0.494 e. The van der Waals surface area contributed by atoms with Crippen LogP contribution >= 0.6 is 31.9 Å². The summed E-state index contributed by atoms with van der Waals surface area (Å²) in [7, 11) is 1.61. The number of nitrogen functional groups attached to an aromatic ring is 1. The lowest BCUT2D eigenvalue weighted by atomic mass is 9.94. The van der Waals surface area contributed by atoms with Crippen molar-refractivity contribution in [3.8, 4) is 5.75 Å². The zero-order chi connectivity index (χ0) is 16.6. The van der Waals surface area contributed by atoms with E-state index in [1.165, 1.54) is 0 Å². The van der Waals surface area contributed by atoms with Crippen LogP contribution in [0.25, 0.3) is 0 Å². The van der Waals surface area contributed by atoms with Gasteiger partial charge in [-0.2, -0.15) is 0 Å². The summed E-state index contributed by atoms with van der Waals surface area (Å²) in [6, 6.07) is 3.91. The van der Waals surface area contributed by atoms with Gasteiger partial charge in [0.1, 0.15) is 5.75 Å². The van der Waals surface area contributed by atoms with Crippen LogP contribution in [0.3, 0.4) is 0 Å². The van der Waals surface area contributed by atoms with Crippen molar-refractivity contribution in [3.63, 3.8) is 0 Å². The number of benzene rings is 1. The Morgan fingerprint density at radius 1 is 1.39 bits per heavy atom. The number of halogens is 2. The van der Waals surface area contributed by atoms with E-state index in [4.69, 9.17) is 10.5 Å². The fourth-order valence-electron chi connectivity index (χ4n) is 2.83. The molecule has 1 atom stereocenters. The van der Waals surface area contributed by atoms with E-state index in [1.54, 1.807) is 7.11 Å². The van der Waals surface area contributed by atoms with E-state index >= 15 is 0 Å². The molecule has 1 unspecified atom stereocenters. The fraction of sp³-hybridized carbons (Fsp3) is 0.333. The number of aromatic nitrogens is 2. The normalized spacial score (nSPS) is 17.3. The summed E-state index contributed by atoms with van der Waals surface area (Å²) in [5.74, 6) is 0.683. The number of nitrogens with zero attached hydrogens (tertiary/aromatic N) is 1. The highest BCUT2D eigenvalue weighted by atomic mass is 79.9. The van der Waals surface area contributed by atoms with Gasteiger partial charge in [-0.25, -0.2) is 4.98 Å². The highest BCUT2D eigenvalue weighted by molar-refractivity contribution is 9.11. The predicted octanol–water partition coefficient (Wildman–Crippen LogP) is 2.52. The van der Waals surface area contributed by atoms with E-state index in [2.05, 4.69) is 47.1 Å². The first-order chi connectivity index (χ1) is 11.0. The third-order valence-corrected chi connectivity index (χ3v) is 5.03. The van der Waals surface area contributed by atoms with Gasteiger partial charge in [-0.05, 0) is 56.0 Å². The van der Waals surface area contributed by atoms with Gasteiger partial charge in [0.05, 0.1) is 27.7 Å². The van der Waals surface area contributed by atoms with E-state index in [9.17, 15) is 4.79 Å². The van der Waals surface area contributed by atoms with Crippen LogP contribution in [-0.4, -0.2) is 29.5 Å². The van der Waals surface area contributed by atoms with E-state index in [1.807, 2.05) is 12.1 Å². The number of fused-ring (bicyclic) bond motifs is 1. The summed E-state index contributed by atoms with van der Waals surface area (Å²) in [6.07, 6.45) is 1.24. The van der Waals surface area contributed by atoms with Crippen molar-refractivity contribution in [1.29, 1.82) is 0 Å². The fourth-order valence-corrected chi connectivity index (χ4v) is 4.44. The molecule has 122 valence electrons. The first-order valence-electron chi connectivity index (χ1n) is 7.13.